The fourth-order valence-electron chi connectivity index (χ4n) is 3.57. The first-order valence-corrected chi connectivity index (χ1v) is 8.01. The van der Waals surface area contributed by atoms with E-state index in [-0.39, 0.29) is 5.92 Å². The lowest BCUT2D eigenvalue weighted by Gasteiger charge is -2.26. The van der Waals surface area contributed by atoms with E-state index in [1.54, 1.807) is 0 Å². The van der Waals surface area contributed by atoms with Crippen LogP contribution in [0.1, 0.15) is 51.4 Å². The molecule has 2 heteroatoms. The Hall–Kier alpha value is -0.920. The molecule has 2 fully saturated rings. The van der Waals surface area contributed by atoms with Crippen molar-refractivity contribution in [2.75, 3.05) is 0 Å². The lowest BCUT2D eigenvalue weighted by atomic mass is 9.79. The summed E-state index contributed by atoms with van der Waals surface area (Å²) in [5.74, 6) is 2.16. The summed E-state index contributed by atoms with van der Waals surface area (Å²) in [6.07, 6.45) is 15.5. The van der Waals surface area contributed by atoms with Crippen LogP contribution in [0.2, 0.25) is 0 Å². The maximum absolute atomic E-state index is 12.2. The van der Waals surface area contributed by atoms with Gasteiger partial charge in [-0.15, -0.1) is 6.58 Å². The average Bonchev–Trinajstić information content (AvgIpc) is 2.46. The van der Waals surface area contributed by atoms with E-state index in [0.29, 0.717) is 5.92 Å². The van der Waals surface area contributed by atoms with Crippen LogP contribution in [-0.2, 0) is 0 Å². The van der Waals surface area contributed by atoms with E-state index >= 15 is 0 Å². The Balaban J connectivity index is 1.71. The molecule has 0 bridgehead atoms. The van der Waals surface area contributed by atoms with Crippen LogP contribution in [0.4, 0.5) is 8.78 Å². The Labute approximate surface area is 121 Å². The van der Waals surface area contributed by atoms with Gasteiger partial charge >= 0.3 is 0 Å². The van der Waals surface area contributed by atoms with Gasteiger partial charge in [-0.1, -0.05) is 18.2 Å². The SMILES string of the molecule is C=CC1CCC(/C=C/C2CCC(C=C(F)F)CC2)CC1. The van der Waals surface area contributed by atoms with Crippen LogP contribution in [0.25, 0.3) is 0 Å². The lowest BCUT2D eigenvalue weighted by Crippen LogP contribution is -2.13. The van der Waals surface area contributed by atoms with Crippen molar-refractivity contribution in [3.05, 3.63) is 37.0 Å². The third kappa shape index (κ3) is 4.88. The van der Waals surface area contributed by atoms with Gasteiger partial charge in [-0.3, -0.25) is 0 Å². The maximum Gasteiger partial charge on any atom is 0.266 e. The molecular formula is C18H26F2. The summed E-state index contributed by atoms with van der Waals surface area (Å²) in [7, 11) is 0. The zero-order chi connectivity index (χ0) is 14.4. The fraction of sp³-hybridized carbons (Fsp3) is 0.667. The van der Waals surface area contributed by atoms with Crippen LogP contribution in [-0.4, -0.2) is 0 Å². The van der Waals surface area contributed by atoms with Crippen LogP contribution < -0.4 is 0 Å². The number of rotatable bonds is 4. The quantitative estimate of drug-likeness (QED) is 0.544. The minimum absolute atomic E-state index is 0.104. The summed E-state index contributed by atoms with van der Waals surface area (Å²) >= 11 is 0. The summed E-state index contributed by atoms with van der Waals surface area (Å²) in [6, 6.07) is 0. The molecular weight excluding hydrogens is 254 g/mol. The first-order chi connectivity index (χ1) is 9.67. The van der Waals surface area contributed by atoms with E-state index in [2.05, 4.69) is 24.8 Å². The number of allylic oxidation sites excluding steroid dienone is 4. The normalized spacial score (nSPS) is 34.9. The molecule has 0 N–H and O–H groups in total. The predicted octanol–water partition coefficient (Wildman–Crippen LogP) is 6.12. The van der Waals surface area contributed by atoms with E-state index in [4.69, 9.17) is 0 Å². The summed E-state index contributed by atoms with van der Waals surface area (Å²) in [4.78, 5) is 0. The van der Waals surface area contributed by atoms with Crippen LogP contribution in [0.15, 0.2) is 37.0 Å². The van der Waals surface area contributed by atoms with Crippen molar-refractivity contribution in [1.82, 2.24) is 0 Å². The van der Waals surface area contributed by atoms with Crippen LogP contribution in [0.5, 0.6) is 0 Å². The van der Waals surface area contributed by atoms with E-state index in [1.165, 1.54) is 25.7 Å². The molecule has 0 spiro atoms. The summed E-state index contributed by atoms with van der Waals surface area (Å²) in [5.41, 5.74) is 0. The summed E-state index contributed by atoms with van der Waals surface area (Å²) in [6.45, 7) is 3.88. The Kier molecular flexibility index (Phi) is 6.00. The molecule has 0 radical (unpaired) electrons. The highest BCUT2D eigenvalue weighted by Gasteiger charge is 2.20. The third-order valence-electron chi connectivity index (χ3n) is 4.98. The fourth-order valence-corrected chi connectivity index (χ4v) is 3.57. The van der Waals surface area contributed by atoms with E-state index in [9.17, 15) is 8.78 Å². The van der Waals surface area contributed by atoms with Crippen molar-refractivity contribution < 1.29 is 8.78 Å². The molecule has 0 aliphatic heterocycles. The first-order valence-electron chi connectivity index (χ1n) is 8.01. The molecule has 2 saturated carbocycles. The van der Waals surface area contributed by atoms with Gasteiger partial charge in [0.25, 0.3) is 6.08 Å². The second-order valence-electron chi connectivity index (χ2n) is 6.43. The molecule has 0 aromatic rings. The maximum atomic E-state index is 12.2. The molecule has 0 aromatic heterocycles. The minimum atomic E-state index is -1.51. The van der Waals surface area contributed by atoms with E-state index < -0.39 is 6.08 Å². The first kappa shape index (κ1) is 15.5. The average molecular weight is 280 g/mol. The number of hydrogen-bond acceptors (Lipinski definition) is 0. The molecule has 0 nitrogen and oxygen atoms in total. The molecule has 0 atom stereocenters. The van der Waals surface area contributed by atoms with Crippen molar-refractivity contribution in [3.63, 3.8) is 0 Å². The Morgan fingerprint density at radius 3 is 1.50 bits per heavy atom. The molecule has 2 rings (SSSR count). The van der Waals surface area contributed by atoms with Crippen molar-refractivity contribution in [1.29, 1.82) is 0 Å². The standard InChI is InChI=1S/C18H26F2/c1-2-14-3-5-15(6-4-14)7-8-16-9-11-17(12-10-16)13-18(19)20/h2,7-8,13-17H,1,3-6,9-12H2/b8-7+. The third-order valence-corrected chi connectivity index (χ3v) is 4.98. The number of halogens is 2. The smallest absolute Gasteiger partial charge is 0.174 e. The molecule has 0 unspecified atom stereocenters. The summed E-state index contributed by atoms with van der Waals surface area (Å²) < 4.78 is 24.4. The molecule has 20 heavy (non-hydrogen) atoms. The molecule has 0 heterocycles. The van der Waals surface area contributed by atoms with E-state index in [0.717, 1.165) is 43.6 Å². The van der Waals surface area contributed by atoms with Gasteiger partial charge in [0.1, 0.15) is 0 Å². The van der Waals surface area contributed by atoms with Gasteiger partial charge in [-0.2, -0.15) is 8.78 Å². The van der Waals surface area contributed by atoms with Crippen molar-refractivity contribution >= 4 is 0 Å². The van der Waals surface area contributed by atoms with Crippen molar-refractivity contribution in [2.45, 2.75) is 51.4 Å². The van der Waals surface area contributed by atoms with Gasteiger partial charge in [-0.25, -0.2) is 0 Å². The Bertz CT molecular complexity index is 350. The van der Waals surface area contributed by atoms with Gasteiger partial charge in [0.15, 0.2) is 0 Å². The zero-order valence-corrected chi connectivity index (χ0v) is 12.2. The monoisotopic (exact) mass is 280 g/mol. The second kappa shape index (κ2) is 7.75. The largest absolute Gasteiger partial charge is 0.266 e. The summed E-state index contributed by atoms with van der Waals surface area (Å²) in [5, 5.41) is 0. The number of hydrogen-bond donors (Lipinski definition) is 0. The lowest BCUT2D eigenvalue weighted by molar-refractivity contribution is 0.331. The second-order valence-corrected chi connectivity index (χ2v) is 6.43. The van der Waals surface area contributed by atoms with Crippen LogP contribution in [0, 0.1) is 23.7 Å². The highest BCUT2D eigenvalue weighted by atomic mass is 19.3. The highest BCUT2D eigenvalue weighted by molar-refractivity contribution is 4.99. The van der Waals surface area contributed by atoms with Gasteiger partial charge in [0.05, 0.1) is 0 Å². The molecule has 0 amide bonds. The Morgan fingerprint density at radius 1 is 0.700 bits per heavy atom. The molecule has 0 saturated heterocycles. The molecule has 0 aromatic carbocycles. The van der Waals surface area contributed by atoms with Gasteiger partial charge in [0, 0.05) is 0 Å². The molecule has 2 aliphatic rings. The van der Waals surface area contributed by atoms with E-state index in [1.807, 2.05) is 0 Å². The van der Waals surface area contributed by atoms with Gasteiger partial charge < -0.3 is 0 Å². The van der Waals surface area contributed by atoms with Crippen LogP contribution in [0.3, 0.4) is 0 Å². The van der Waals surface area contributed by atoms with Crippen molar-refractivity contribution in [3.8, 4) is 0 Å². The van der Waals surface area contributed by atoms with Gasteiger partial charge in [-0.05, 0) is 81.1 Å². The van der Waals surface area contributed by atoms with Crippen molar-refractivity contribution in [2.24, 2.45) is 23.7 Å². The zero-order valence-electron chi connectivity index (χ0n) is 12.2. The minimum Gasteiger partial charge on any atom is -0.174 e. The van der Waals surface area contributed by atoms with Gasteiger partial charge in [0.2, 0.25) is 0 Å². The highest BCUT2D eigenvalue weighted by Crippen LogP contribution is 2.34. The molecule has 2 aliphatic carbocycles. The topological polar surface area (TPSA) is 0 Å². The predicted molar refractivity (Wildman–Crippen MR) is 80.5 cm³/mol. The Morgan fingerprint density at radius 2 is 1.10 bits per heavy atom. The van der Waals surface area contributed by atoms with Crippen LogP contribution >= 0.6 is 0 Å². The molecule has 112 valence electrons.